The average molecular weight is 239 g/mol. The molecule has 0 aliphatic carbocycles. The van der Waals surface area contributed by atoms with Crippen LogP contribution in [-0.2, 0) is 4.74 Å². The van der Waals surface area contributed by atoms with Crippen molar-refractivity contribution in [3.05, 3.63) is 30.1 Å². The zero-order chi connectivity index (χ0) is 12.1. The monoisotopic (exact) mass is 239 g/mol. The average Bonchev–Trinajstić information content (AvgIpc) is 2.32. The van der Waals surface area contributed by atoms with Crippen molar-refractivity contribution < 1.29 is 13.9 Å². The zero-order valence-electron chi connectivity index (χ0n) is 9.99. The summed E-state index contributed by atoms with van der Waals surface area (Å²) in [7, 11) is 0. The van der Waals surface area contributed by atoms with Crippen LogP contribution < -0.4 is 10.1 Å². The van der Waals surface area contributed by atoms with Gasteiger partial charge in [-0.25, -0.2) is 4.39 Å². The second-order valence-electron chi connectivity index (χ2n) is 4.14. The number of halogens is 1. The topological polar surface area (TPSA) is 30.5 Å². The third-order valence-electron chi connectivity index (χ3n) is 2.85. The first-order chi connectivity index (χ1) is 8.29. The second kappa shape index (κ2) is 5.98. The van der Waals surface area contributed by atoms with Gasteiger partial charge in [-0.2, -0.15) is 0 Å². The van der Waals surface area contributed by atoms with Crippen molar-refractivity contribution >= 4 is 0 Å². The van der Waals surface area contributed by atoms with Crippen LogP contribution in [0.25, 0.3) is 0 Å². The molecule has 1 aliphatic rings. The van der Waals surface area contributed by atoms with Crippen LogP contribution in [0.4, 0.5) is 4.39 Å². The summed E-state index contributed by atoms with van der Waals surface area (Å²) in [5.74, 6) is 0.280. The Bertz CT molecular complexity index is 357. The first-order valence-electron chi connectivity index (χ1n) is 6.03. The van der Waals surface area contributed by atoms with E-state index in [9.17, 15) is 4.39 Å². The summed E-state index contributed by atoms with van der Waals surface area (Å²) >= 11 is 0. The van der Waals surface area contributed by atoms with Gasteiger partial charge in [0.2, 0.25) is 0 Å². The van der Waals surface area contributed by atoms with Crippen LogP contribution >= 0.6 is 0 Å². The van der Waals surface area contributed by atoms with E-state index >= 15 is 0 Å². The quantitative estimate of drug-likeness (QED) is 0.871. The van der Waals surface area contributed by atoms with Crippen molar-refractivity contribution in [1.29, 1.82) is 0 Å². The molecule has 1 aromatic rings. The maximum atomic E-state index is 13.0. The van der Waals surface area contributed by atoms with Gasteiger partial charge in [-0.3, -0.25) is 0 Å². The molecule has 3 nitrogen and oxygen atoms in total. The molecule has 0 amide bonds. The minimum absolute atomic E-state index is 0.0505. The van der Waals surface area contributed by atoms with Crippen molar-refractivity contribution in [2.45, 2.75) is 25.5 Å². The number of rotatable bonds is 4. The molecule has 1 saturated heterocycles. The Morgan fingerprint density at radius 1 is 1.53 bits per heavy atom. The van der Waals surface area contributed by atoms with Crippen LogP contribution in [0, 0.1) is 5.82 Å². The highest BCUT2D eigenvalue weighted by Crippen LogP contribution is 2.18. The van der Waals surface area contributed by atoms with Gasteiger partial charge in [-0.1, -0.05) is 13.0 Å². The van der Waals surface area contributed by atoms with Crippen molar-refractivity contribution in [2.24, 2.45) is 0 Å². The molecule has 1 aliphatic heterocycles. The Hall–Kier alpha value is -1.13. The van der Waals surface area contributed by atoms with E-state index in [1.165, 1.54) is 12.1 Å². The van der Waals surface area contributed by atoms with Crippen molar-refractivity contribution in [2.75, 3.05) is 19.8 Å². The van der Waals surface area contributed by atoms with E-state index in [4.69, 9.17) is 9.47 Å². The molecule has 2 unspecified atom stereocenters. The van der Waals surface area contributed by atoms with Crippen LogP contribution in [-0.4, -0.2) is 31.9 Å². The molecule has 2 rings (SSSR count). The third kappa shape index (κ3) is 3.41. The molecule has 0 radical (unpaired) electrons. The van der Waals surface area contributed by atoms with Gasteiger partial charge in [0, 0.05) is 18.7 Å². The molecule has 0 aromatic heterocycles. The summed E-state index contributed by atoms with van der Waals surface area (Å²) in [4.78, 5) is 0. The highest BCUT2D eigenvalue weighted by molar-refractivity contribution is 5.23. The lowest BCUT2D eigenvalue weighted by Crippen LogP contribution is -2.49. The number of benzene rings is 1. The number of ether oxygens (including phenoxy) is 2. The fourth-order valence-electron chi connectivity index (χ4n) is 2.04. The predicted molar refractivity (Wildman–Crippen MR) is 63.7 cm³/mol. The van der Waals surface area contributed by atoms with E-state index in [2.05, 4.69) is 12.2 Å². The summed E-state index contributed by atoms with van der Waals surface area (Å²) in [6.45, 7) is 4.26. The molecule has 1 N–H and O–H groups in total. The van der Waals surface area contributed by atoms with Gasteiger partial charge in [0.05, 0.1) is 6.61 Å². The largest absolute Gasteiger partial charge is 0.486 e. The van der Waals surface area contributed by atoms with Gasteiger partial charge in [0.1, 0.15) is 17.7 Å². The third-order valence-corrected chi connectivity index (χ3v) is 2.85. The molecule has 4 heteroatoms. The second-order valence-corrected chi connectivity index (χ2v) is 4.14. The van der Waals surface area contributed by atoms with Crippen LogP contribution in [0.1, 0.15) is 13.3 Å². The summed E-state index contributed by atoms with van der Waals surface area (Å²) in [5.41, 5.74) is 0. The lowest BCUT2D eigenvalue weighted by Gasteiger charge is -2.32. The molecule has 17 heavy (non-hydrogen) atoms. The fraction of sp³-hybridized carbons (Fsp3) is 0.538. The Labute approximate surface area is 101 Å². The van der Waals surface area contributed by atoms with E-state index in [0.717, 1.165) is 19.6 Å². The molecule has 0 saturated carbocycles. The normalized spacial score (nSPS) is 24.6. The van der Waals surface area contributed by atoms with E-state index < -0.39 is 0 Å². The minimum Gasteiger partial charge on any atom is -0.486 e. The van der Waals surface area contributed by atoms with Gasteiger partial charge >= 0.3 is 0 Å². The number of hydrogen-bond acceptors (Lipinski definition) is 3. The Kier molecular flexibility index (Phi) is 4.34. The highest BCUT2D eigenvalue weighted by Gasteiger charge is 2.26. The van der Waals surface area contributed by atoms with E-state index in [-0.39, 0.29) is 18.0 Å². The maximum absolute atomic E-state index is 13.0. The molecule has 94 valence electrons. The van der Waals surface area contributed by atoms with Gasteiger partial charge in [0.15, 0.2) is 0 Å². The number of nitrogens with one attached hydrogen (secondary N) is 1. The van der Waals surface area contributed by atoms with Crippen molar-refractivity contribution in [3.8, 4) is 5.75 Å². The summed E-state index contributed by atoms with van der Waals surface area (Å²) in [6, 6.07) is 6.50. The first-order valence-corrected chi connectivity index (χ1v) is 6.03. The maximum Gasteiger partial charge on any atom is 0.137 e. The zero-order valence-corrected chi connectivity index (χ0v) is 9.99. The fourth-order valence-corrected chi connectivity index (χ4v) is 2.04. The Morgan fingerprint density at radius 3 is 3.18 bits per heavy atom. The number of likely N-dealkylation sites (N-methyl/N-ethyl adjacent to an activating group) is 1. The smallest absolute Gasteiger partial charge is 0.137 e. The van der Waals surface area contributed by atoms with Gasteiger partial charge in [-0.15, -0.1) is 0 Å². The lowest BCUT2D eigenvalue weighted by atomic mass is 10.1. The lowest BCUT2D eigenvalue weighted by molar-refractivity contribution is -0.0144. The van der Waals surface area contributed by atoms with E-state index in [1.807, 2.05) is 0 Å². The van der Waals surface area contributed by atoms with Gasteiger partial charge in [0.25, 0.3) is 0 Å². The molecular weight excluding hydrogens is 221 g/mol. The van der Waals surface area contributed by atoms with Gasteiger partial charge in [-0.05, 0) is 25.1 Å². The Balaban J connectivity index is 2.00. The molecule has 1 fully saturated rings. The van der Waals surface area contributed by atoms with E-state index in [1.54, 1.807) is 12.1 Å². The molecular formula is C13H18FNO2. The van der Waals surface area contributed by atoms with Crippen LogP contribution in [0.5, 0.6) is 5.75 Å². The molecule has 2 atom stereocenters. The first kappa shape index (κ1) is 12.3. The summed E-state index contributed by atoms with van der Waals surface area (Å²) in [5, 5.41) is 3.37. The standard InChI is InChI=1S/C13H18FNO2/c1-2-15-12-6-7-16-9-13(12)17-11-5-3-4-10(14)8-11/h3-5,8,12-13,15H,2,6-7,9H2,1H3. The molecule has 0 bridgehead atoms. The minimum atomic E-state index is -0.278. The van der Waals surface area contributed by atoms with Crippen LogP contribution in [0.15, 0.2) is 24.3 Å². The molecule has 1 heterocycles. The summed E-state index contributed by atoms with van der Waals surface area (Å²) in [6.07, 6.45) is 0.874. The van der Waals surface area contributed by atoms with Crippen molar-refractivity contribution in [3.63, 3.8) is 0 Å². The number of hydrogen-bond donors (Lipinski definition) is 1. The van der Waals surface area contributed by atoms with E-state index in [0.29, 0.717) is 12.4 Å². The predicted octanol–water partition coefficient (Wildman–Crippen LogP) is 1.97. The highest BCUT2D eigenvalue weighted by atomic mass is 19.1. The SMILES string of the molecule is CCNC1CCOCC1Oc1cccc(F)c1. The van der Waals surface area contributed by atoms with Gasteiger partial charge < -0.3 is 14.8 Å². The van der Waals surface area contributed by atoms with Crippen molar-refractivity contribution in [1.82, 2.24) is 5.32 Å². The van der Waals surface area contributed by atoms with Crippen LogP contribution in [0.2, 0.25) is 0 Å². The summed E-state index contributed by atoms with van der Waals surface area (Å²) < 4.78 is 24.2. The molecule has 0 spiro atoms. The van der Waals surface area contributed by atoms with Crippen LogP contribution in [0.3, 0.4) is 0 Å². The molecule has 1 aromatic carbocycles. The Morgan fingerprint density at radius 2 is 2.41 bits per heavy atom.